The number of hydrogen-bond donors (Lipinski definition) is 0. The molecule has 0 saturated heterocycles. The number of ether oxygens (including phenoxy) is 3. The molecule has 0 radical (unpaired) electrons. The van der Waals surface area contributed by atoms with E-state index in [4.69, 9.17) is 14.2 Å². The summed E-state index contributed by atoms with van der Waals surface area (Å²) in [5.74, 6) is 0.788. The summed E-state index contributed by atoms with van der Waals surface area (Å²) in [5, 5.41) is 0.450. The summed E-state index contributed by atoms with van der Waals surface area (Å²) < 4.78 is 30.9. The highest BCUT2D eigenvalue weighted by atomic mass is 35.5. The van der Waals surface area contributed by atoms with Gasteiger partial charge in [-0.3, -0.25) is 9.69 Å². The van der Waals surface area contributed by atoms with E-state index in [-0.39, 0.29) is 23.8 Å². The van der Waals surface area contributed by atoms with Gasteiger partial charge in [0, 0.05) is 19.2 Å². The minimum absolute atomic E-state index is 0. The van der Waals surface area contributed by atoms with E-state index in [1.54, 1.807) is 35.2 Å². The average Bonchev–Trinajstić information content (AvgIpc) is 3.22. The predicted octanol–water partition coefficient (Wildman–Crippen LogP) is 4.49. The highest BCUT2D eigenvalue weighted by Gasteiger charge is 2.19. The van der Waals surface area contributed by atoms with Gasteiger partial charge in [-0.2, -0.15) is 0 Å². The monoisotopic (exact) mass is 495 g/mol. The molecule has 3 aromatic rings. The number of carbonyl (C=O) groups excluding carboxylic acids is 1. The van der Waals surface area contributed by atoms with Crippen LogP contribution in [0.15, 0.2) is 36.4 Å². The smallest absolute Gasteiger partial charge is 0.252 e. The van der Waals surface area contributed by atoms with E-state index in [9.17, 15) is 9.18 Å². The van der Waals surface area contributed by atoms with Crippen LogP contribution in [-0.4, -0.2) is 64.3 Å². The number of anilines is 1. The second-order valence-electron chi connectivity index (χ2n) is 7.17. The lowest BCUT2D eigenvalue weighted by atomic mass is 10.1. The summed E-state index contributed by atoms with van der Waals surface area (Å²) in [5.41, 5.74) is 0.972. The Morgan fingerprint density at radius 2 is 1.76 bits per heavy atom. The number of likely N-dealkylation sites (N-methyl/N-ethyl adjacent to an activating group) is 1. The highest BCUT2D eigenvalue weighted by Crippen LogP contribution is 2.38. The van der Waals surface area contributed by atoms with Crippen molar-refractivity contribution in [1.29, 1.82) is 0 Å². The zero-order chi connectivity index (χ0) is 23.3. The number of para-hydroxylation sites is 1. The standard InChI is InChI=1S/C23H26FN3O4S.ClH/c1-26(2)11-12-27(23-25-21-16(24)7-6-8-19(21)32-23)20(28)10-9-15-13-17(29-3)22(31-5)18(14-15)30-4;/h6-10,13-14H,11-12H2,1-5H3;1H. The Balaban J connectivity index is 0.00000385. The first-order chi connectivity index (χ1) is 15.4. The van der Waals surface area contributed by atoms with E-state index in [0.717, 1.165) is 0 Å². The topological polar surface area (TPSA) is 64.1 Å². The van der Waals surface area contributed by atoms with Gasteiger partial charge >= 0.3 is 0 Å². The average molecular weight is 496 g/mol. The van der Waals surface area contributed by atoms with Crippen LogP contribution in [0.25, 0.3) is 16.3 Å². The summed E-state index contributed by atoms with van der Waals surface area (Å²) in [7, 11) is 8.44. The molecule has 3 rings (SSSR count). The van der Waals surface area contributed by atoms with Crippen molar-refractivity contribution in [2.24, 2.45) is 0 Å². The third-order valence-corrected chi connectivity index (χ3v) is 5.78. The van der Waals surface area contributed by atoms with Crippen molar-refractivity contribution in [3.05, 3.63) is 47.8 Å². The van der Waals surface area contributed by atoms with Crippen molar-refractivity contribution in [2.75, 3.05) is 53.4 Å². The quantitative estimate of drug-likeness (QED) is 0.407. The van der Waals surface area contributed by atoms with E-state index in [0.29, 0.717) is 45.7 Å². The van der Waals surface area contributed by atoms with Crippen LogP contribution in [0.3, 0.4) is 0 Å². The molecule has 0 N–H and O–H groups in total. The van der Waals surface area contributed by atoms with E-state index < -0.39 is 5.82 Å². The molecule has 0 spiro atoms. The Bertz CT molecular complexity index is 1110. The number of fused-ring (bicyclic) bond motifs is 1. The maximum atomic E-state index is 14.1. The van der Waals surface area contributed by atoms with Gasteiger partial charge in [0.1, 0.15) is 11.3 Å². The van der Waals surface area contributed by atoms with Crippen LogP contribution in [0.1, 0.15) is 5.56 Å². The molecule has 0 aliphatic heterocycles. The molecule has 33 heavy (non-hydrogen) atoms. The Morgan fingerprint density at radius 3 is 2.30 bits per heavy atom. The lowest BCUT2D eigenvalue weighted by Gasteiger charge is -2.20. The zero-order valence-electron chi connectivity index (χ0n) is 19.1. The summed E-state index contributed by atoms with van der Waals surface area (Å²) >= 11 is 1.28. The van der Waals surface area contributed by atoms with Crippen LogP contribution in [0, 0.1) is 5.82 Å². The molecule has 178 valence electrons. The molecule has 0 saturated carbocycles. The third-order valence-electron chi connectivity index (χ3n) is 4.73. The van der Waals surface area contributed by atoms with E-state index in [1.165, 1.54) is 44.8 Å². The van der Waals surface area contributed by atoms with Crippen molar-refractivity contribution in [1.82, 2.24) is 9.88 Å². The SMILES string of the molecule is COc1cc(C=CC(=O)N(CCN(C)C)c2nc3c(F)cccc3s2)cc(OC)c1OC.Cl. The number of methoxy groups -OCH3 is 3. The number of carbonyl (C=O) groups is 1. The number of amides is 1. The Labute approximate surface area is 202 Å². The Morgan fingerprint density at radius 1 is 1.09 bits per heavy atom. The maximum Gasteiger partial charge on any atom is 0.252 e. The number of halogens is 2. The number of hydrogen-bond acceptors (Lipinski definition) is 7. The summed E-state index contributed by atoms with van der Waals surface area (Å²) in [4.78, 5) is 21.0. The van der Waals surface area contributed by atoms with E-state index in [1.807, 2.05) is 19.0 Å². The molecule has 0 fully saturated rings. The molecule has 1 amide bonds. The van der Waals surface area contributed by atoms with Crippen molar-refractivity contribution in [2.45, 2.75) is 0 Å². The molecule has 2 aromatic carbocycles. The second-order valence-corrected chi connectivity index (χ2v) is 8.18. The van der Waals surface area contributed by atoms with Gasteiger partial charge < -0.3 is 19.1 Å². The van der Waals surface area contributed by atoms with Gasteiger partial charge in [0.2, 0.25) is 5.75 Å². The van der Waals surface area contributed by atoms with Crippen LogP contribution in [0.4, 0.5) is 9.52 Å². The minimum Gasteiger partial charge on any atom is -0.493 e. The lowest BCUT2D eigenvalue weighted by molar-refractivity contribution is -0.114. The van der Waals surface area contributed by atoms with Crippen molar-refractivity contribution >= 4 is 51.1 Å². The van der Waals surface area contributed by atoms with Crippen molar-refractivity contribution < 1.29 is 23.4 Å². The fourth-order valence-corrected chi connectivity index (χ4v) is 4.09. The van der Waals surface area contributed by atoms with Crippen LogP contribution < -0.4 is 19.1 Å². The van der Waals surface area contributed by atoms with Gasteiger partial charge in [-0.05, 0) is 50.0 Å². The normalized spacial score (nSPS) is 11.0. The van der Waals surface area contributed by atoms with Gasteiger partial charge in [0.05, 0.1) is 26.0 Å². The Kier molecular flexibility index (Phi) is 9.45. The van der Waals surface area contributed by atoms with E-state index in [2.05, 4.69) is 4.98 Å². The van der Waals surface area contributed by atoms with Gasteiger partial charge in [0.25, 0.3) is 5.91 Å². The van der Waals surface area contributed by atoms with Crippen LogP contribution in [-0.2, 0) is 4.79 Å². The van der Waals surface area contributed by atoms with E-state index >= 15 is 0 Å². The fourth-order valence-electron chi connectivity index (χ4n) is 3.07. The van der Waals surface area contributed by atoms with Gasteiger partial charge in [0.15, 0.2) is 16.6 Å². The lowest BCUT2D eigenvalue weighted by Crippen LogP contribution is -2.35. The number of nitrogens with zero attached hydrogens (tertiary/aromatic N) is 3. The van der Waals surface area contributed by atoms with Crippen LogP contribution in [0.2, 0.25) is 0 Å². The zero-order valence-corrected chi connectivity index (χ0v) is 20.8. The number of thiazole rings is 1. The summed E-state index contributed by atoms with van der Waals surface area (Å²) in [6.45, 7) is 1.04. The maximum absolute atomic E-state index is 14.1. The minimum atomic E-state index is -0.405. The fraction of sp³-hybridized carbons (Fsp3) is 0.304. The summed E-state index contributed by atoms with van der Waals surface area (Å²) in [6.07, 6.45) is 3.13. The van der Waals surface area contributed by atoms with Crippen LogP contribution in [0.5, 0.6) is 17.2 Å². The molecule has 0 aliphatic carbocycles. The molecule has 10 heteroatoms. The first kappa shape index (κ1) is 26.4. The molecule has 0 aliphatic rings. The third kappa shape index (κ3) is 6.13. The Hall–Kier alpha value is -2.88. The number of aromatic nitrogens is 1. The number of benzene rings is 2. The van der Waals surface area contributed by atoms with Gasteiger partial charge in [-0.1, -0.05) is 17.4 Å². The first-order valence-electron chi connectivity index (χ1n) is 9.87. The molecule has 0 bridgehead atoms. The summed E-state index contributed by atoms with van der Waals surface area (Å²) in [6, 6.07) is 8.29. The van der Waals surface area contributed by atoms with Crippen molar-refractivity contribution in [3.63, 3.8) is 0 Å². The molecule has 0 unspecified atom stereocenters. The molecule has 0 atom stereocenters. The molecular weight excluding hydrogens is 469 g/mol. The highest BCUT2D eigenvalue weighted by molar-refractivity contribution is 7.22. The number of rotatable bonds is 9. The predicted molar refractivity (Wildman–Crippen MR) is 133 cm³/mol. The molecule has 1 aromatic heterocycles. The van der Waals surface area contributed by atoms with Gasteiger partial charge in [-0.15, -0.1) is 12.4 Å². The molecule has 1 heterocycles. The first-order valence-corrected chi connectivity index (χ1v) is 10.7. The molecular formula is C23H27ClFN3O4S. The molecule has 7 nitrogen and oxygen atoms in total. The van der Waals surface area contributed by atoms with Crippen LogP contribution >= 0.6 is 23.7 Å². The second kappa shape index (κ2) is 11.8. The van der Waals surface area contributed by atoms with Gasteiger partial charge in [-0.25, -0.2) is 9.37 Å². The van der Waals surface area contributed by atoms with Crippen molar-refractivity contribution in [3.8, 4) is 17.2 Å². The largest absolute Gasteiger partial charge is 0.493 e.